The predicted octanol–water partition coefficient (Wildman–Crippen LogP) is 7.43. The van der Waals surface area contributed by atoms with Gasteiger partial charge in [-0.15, -0.1) is 0 Å². The molecule has 2 unspecified atom stereocenters. The average Bonchev–Trinajstić information content (AvgIpc) is 3.04. The summed E-state index contributed by atoms with van der Waals surface area (Å²) in [6, 6.07) is 13.5. The van der Waals surface area contributed by atoms with Gasteiger partial charge < -0.3 is 33.0 Å². The zero-order valence-electron chi connectivity index (χ0n) is 30.6. The normalized spacial score (nSPS) is 15.5. The van der Waals surface area contributed by atoms with Crippen molar-refractivity contribution in [1.29, 1.82) is 0 Å². The summed E-state index contributed by atoms with van der Waals surface area (Å²) in [7, 11) is 0.431. The molecule has 1 aliphatic heterocycles. The number of nitrogens with zero attached hydrogens (tertiary/aromatic N) is 1. The maximum atomic E-state index is 14.0. The summed E-state index contributed by atoms with van der Waals surface area (Å²) in [6.07, 6.45) is -0.900. The molecule has 270 valence electrons. The van der Waals surface area contributed by atoms with Crippen LogP contribution in [-0.2, 0) is 28.2 Å². The van der Waals surface area contributed by atoms with Crippen molar-refractivity contribution in [1.82, 2.24) is 4.90 Å². The molecule has 3 rings (SSSR count). The van der Waals surface area contributed by atoms with Crippen molar-refractivity contribution in [2.45, 2.75) is 90.6 Å². The average molecular weight is 700 g/mol. The first kappa shape index (κ1) is 39.5. The van der Waals surface area contributed by atoms with Gasteiger partial charge in [0, 0.05) is 25.3 Å². The van der Waals surface area contributed by atoms with Gasteiger partial charge in [-0.3, -0.25) is 9.59 Å². The molecule has 2 atom stereocenters. The molecule has 1 saturated heterocycles. The topological polar surface area (TPSA) is 127 Å². The molecule has 0 aromatic heterocycles. The molecule has 49 heavy (non-hydrogen) atoms. The van der Waals surface area contributed by atoms with Crippen LogP contribution in [0.25, 0.3) is 0 Å². The highest BCUT2D eigenvalue weighted by molar-refractivity contribution is 6.74. The Morgan fingerprint density at radius 2 is 1.51 bits per heavy atom. The summed E-state index contributed by atoms with van der Waals surface area (Å²) in [4.78, 5) is 55.0. The number of benzene rings is 2. The van der Waals surface area contributed by atoms with E-state index >= 15 is 0 Å². The second-order valence-electron chi connectivity index (χ2n) is 14.8. The molecule has 0 radical (unpaired) electrons. The van der Waals surface area contributed by atoms with Crippen molar-refractivity contribution in [3.05, 3.63) is 54.1 Å². The predicted molar refractivity (Wildman–Crippen MR) is 188 cm³/mol. The molecular weight excluding hydrogens is 646 g/mol. The van der Waals surface area contributed by atoms with E-state index in [1.165, 1.54) is 19.2 Å². The van der Waals surface area contributed by atoms with Crippen LogP contribution < -0.4 is 9.47 Å². The number of likely N-dealkylation sites (tertiary alicyclic amines) is 1. The number of ketones is 1. The van der Waals surface area contributed by atoms with Gasteiger partial charge in [-0.1, -0.05) is 39.0 Å². The van der Waals surface area contributed by atoms with E-state index in [1.54, 1.807) is 23.1 Å². The summed E-state index contributed by atoms with van der Waals surface area (Å²) >= 11 is 0. The molecule has 1 aliphatic rings. The minimum atomic E-state index is -2.13. The summed E-state index contributed by atoms with van der Waals surface area (Å²) in [5, 5.41) is -0.0348. The van der Waals surface area contributed by atoms with E-state index in [9.17, 15) is 19.2 Å². The first-order valence-electron chi connectivity index (χ1n) is 16.7. The molecule has 2 aromatic rings. The van der Waals surface area contributed by atoms with Crippen LogP contribution >= 0.6 is 0 Å². The van der Waals surface area contributed by atoms with E-state index < -0.39 is 49.8 Å². The van der Waals surface area contributed by atoms with Crippen LogP contribution in [0.3, 0.4) is 0 Å². The van der Waals surface area contributed by atoms with Crippen molar-refractivity contribution in [3.63, 3.8) is 0 Å². The second kappa shape index (κ2) is 16.7. The summed E-state index contributed by atoms with van der Waals surface area (Å²) in [5.41, 5.74) is -0.556. The molecule has 0 bridgehead atoms. The summed E-state index contributed by atoms with van der Waals surface area (Å²) in [6.45, 7) is 17.2. The van der Waals surface area contributed by atoms with Crippen molar-refractivity contribution < 1.29 is 47.3 Å². The maximum absolute atomic E-state index is 14.0. The van der Waals surface area contributed by atoms with Gasteiger partial charge in [0.05, 0.1) is 20.1 Å². The molecule has 0 saturated carbocycles. The molecule has 0 N–H and O–H groups in total. The van der Waals surface area contributed by atoms with E-state index in [4.69, 9.17) is 28.1 Å². The lowest BCUT2D eigenvalue weighted by atomic mass is 9.82. The molecule has 0 aliphatic carbocycles. The lowest BCUT2D eigenvalue weighted by Gasteiger charge is -2.38. The molecule has 11 nitrogen and oxygen atoms in total. The highest BCUT2D eigenvalue weighted by Gasteiger charge is 2.41. The third-order valence-corrected chi connectivity index (χ3v) is 13.6. The maximum Gasteiger partial charge on any atom is 0.410 e. The zero-order chi connectivity index (χ0) is 36.6. The van der Waals surface area contributed by atoms with Gasteiger partial charge in [0.15, 0.2) is 19.8 Å². The zero-order valence-corrected chi connectivity index (χ0v) is 31.6. The van der Waals surface area contributed by atoms with E-state index in [0.29, 0.717) is 50.5 Å². The lowest BCUT2D eigenvalue weighted by Crippen LogP contribution is -2.45. The van der Waals surface area contributed by atoms with Crippen molar-refractivity contribution in [3.8, 4) is 17.2 Å². The third-order valence-electron chi connectivity index (χ3n) is 9.07. The standard InChI is InChI=1S/C37H53NO10Si/c1-36(2,3)48-35(42)38-21-18-25(19-22-38)28(20-23-45-49(9,10)37(4,5)6)33(40)47-32(34(41)44-8)31(39)26-16-17-29(30(24-26)43-7)46-27-14-12-11-13-15-27/h11-17,24-25,28,32H,18-23H2,1-10H3. The Hall–Kier alpha value is -3.90. The monoisotopic (exact) mass is 699 g/mol. The molecule has 0 spiro atoms. The van der Waals surface area contributed by atoms with Gasteiger partial charge in [-0.2, -0.15) is 0 Å². The van der Waals surface area contributed by atoms with E-state index in [2.05, 4.69) is 33.9 Å². The van der Waals surface area contributed by atoms with Gasteiger partial charge in [-0.25, -0.2) is 9.59 Å². The molecule has 2 aromatic carbocycles. The van der Waals surface area contributed by atoms with Gasteiger partial charge >= 0.3 is 18.0 Å². The SMILES string of the molecule is COC(=O)C(OC(=O)C(CCO[Si](C)(C)C(C)(C)C)C1CCN(C(=O)OC(C)(C)C)CC1)C(=O)c1ccc(Oc2ccccc2)c(OC)c1. The Morgan fingerprint density at radius 1 is 0.878 bits per heavy atom. The molecular formula is C37H53NO10Si. The Morgan fingerprint density at radius 3 is 2.06 bits per heavy atom. The van der Waals surface area contributed by atoms with Gasteiger partial charge in [0.2, 0.25) is 5.78 Å². The van der Waals surface area contributed by atoms with E-state index in [-0.39, 0.29) is 22.3 Å². The quantitative estimate of drug-likeness (QED) is 0.0685. The highest BCUT2D eigenvalue weighted by Crippen LogP contribution is 2.38. The van der Waals surface area contributed by atoms with Crippen molar-refractivity contribution in [2.75, 3.05) is 33.9 Å². The highest BCUT2D eigenvalue weighted by atomic mass is 28.4. The Labute approximate surface area is 291 Å². The summed E-state index contributed by atoms with van der Waals surface area (Å²) in [5.74, 6) is -2.16. The molecule has 1 heterocycles. The number of hydrogen-bond donors (Lipinski definition) is 0. The fourth-order valence-corrected chi connectivity index (χ4v) is 6.27. The smallest absolute Gasteiger partial charge is 0.410 e. The molecule has 1 fully saturated rings. The van der Waals surface area contributed by atoms with Crippen LogP contribution in [0.15, 0.2) is 48.5 Å². The first-order valence-corrected chi connectivity index (χ1v) is 19.6. The van der Waals surface area contributed by atoms with Gasteiger partial charge in [0.1, 0.15) is 11.4 Å². The molecule has 12 heteroatoms. The number of rotatable bonds is 13. The van der Waals surface area contributed by atoms with E-state index in [0.717, 1.165) is 7.11 Å². The second-order valence-corrected chi connectivity index (χ2v) is 19.6. The minimum Gasteiger partial charge on any atom is -0.493 e. The lowest BCUT2D eigenvalue weighted by molar-refractivity contribution is -0.167. The van der Waals surface area contributed by atoms with Crippen molar-refractivity contribution >= 4 is 32.1 Å². The number of para-hydroxylation sites is 1. The Kier molecular flexibility index (Phi) is 13.4. The summed E-state index contributed by atoms with van der Waals surface area (Å²) < 4.78 is 34.0. The number of esters is 2. The van der Waals surface area contributed by atoms with Crippen LogP contribution in [0.1, 0.15) is 71.2 Å². The first-order chi connectivity index (χ1) is 22.9. The number of Topliss-reactive ketones (excluding diaryl/α,β-unsaturated/α-hetero) is 1. The van der Waals surface area contributed by atoms with Crippen LogP contribution in [0.2, 0.25) is 18.1 Å². The number of amides is 1. The Bertz CT molecular complexity index is 1440. The third kappa shape index (κ3) is 11.0. The van der Waals surface area contributed by atoms with Crippen LogP contribution in [0.4, 0.5) is 4.79 Å². The number of hydrogen-bond acceptors (Lipinski definition) is 10. The number of ether oxygens (including phenoxy) is 5. The van der Waals surface area contributed by atoms with Crippen LogP contribution in [0.5, 0.6) is 17.2 Å². The number of piperidine rings is 1. The van der Waals surface area contributed by atoms with E-state index in [1.807, 2.05) is 39.0 Å². The number of carbonyl (C=O) groups excluding carboxylic acids is 4. The van der Waals surface area contributed by atoms with Crippen LogP contribution in [-0.4, -0.2) is 82.7 Å². The van der Waals surface area contributed by atoms with Gasteiger partial charge in [-0.05, 0) is 94.4 Å². The fourth-order valence-electron chi connectivity index (χ4n) is 5.21. The van der Waals surface area contributed by atoms with Crippen LogP contribution in [0, 0.1) is 11.8 Å². The fraction of sp³-hybridized carbons (Fsp3) is 0.568. The number of methoxy groups -OCH3 is 2. The minimum absolute atomic E-state index is 0.0348. The largest absolute Gasteiger partial charge is 0.493 e. The number of carbonyl (C=O) groups is 4. The van der Waals surface area contributed by atoms with Gasteiger partial charge in [0.25, 0.3) is 6.10 Å². The van der Waals surface area contributed by atoms with Crippen molar-refractivity contribution in [2.24, 2.45) is 11.8 Å². The molecule has 1 amide bonds. The Balaban J connectivity index is 1.83.